The van der Waals surface area contributed by atoms with Crippen LogP contribution in [0.2, 0.25) is 0 Å². The van der Waals surface area contributed by atoms with Gasteiger partial charge in [-0.3, -0.25) is 14.4 Å². The van der Waals surface area contributed by atoms with Gasteiger partial charge >= 0.3 is 5.97 Å². The number of unbranched alkanes of at least 4 members (excludes halogenated alkanes) is 1. The molecule has 148 valence electrons. The fourth-order valence-electron chi connectivity index (χ4n) is 2.87. The molecule has 27 heavy (non-hydrogen) atoms. The lowest BCUT2D eigenvalue weighted by molar-refractivity contribution is -0.152. The van der Waals surface area contributed by atoms with Crippen LogP contribution >= 0.6 is 0 Å². The number of nitrogens with one attached hydrogen (secondary N) is 1. The van der Waals surface area contributed by atoms with Crippen LogP contribution in [0, 0.1) is 13.8 Å². The maximum Gasteiger partial charge on any atom is 0.308 e. The third-order valence-electron chi connectivity index (χ3n) is 4.68. The lowest BCUT2D eigenvalue weighted by Gasteiger charge is -2.34. The Balaban J connectivity index is 1.97. The standard InChI is InChI=1S/C20H28N2O5/c1-4-5-11-26-19(24)12-16-20(25)21-9-10-22(16)18(23)13-27-17-8-6-7-14(2)15(17)3/h6-8,16H,4-5,9-13H2,1-3H3,(H,21,25). The molecule has 0 aromatic heterocycles. The zero-order valence-electron chi connectivity index (χ0n) is 16.2. The predicted octanol–water partition coefficient (Wildman–Crippen LogP) is 1.74. The van der Waals surface area contributed by atoms with Crippen LogP contribution in [0.1, 0.15) is 37.3 Å². The molecular weight excluding hydrogens is 348 g/mol. The summed E-state index contributed by atoms with van der Waals surface area (Å²) >= 11 is 0. The Kier molecular flexibility index (Phi) is 7.64. The number of aryl methyl sites for hydroxylation is 1. The molecule has 1 heterocycles. The molecule has 0 bridgehead atoms. The van der Waals surface area contributed by atoms with E-state index in [1.54, 1.807) is 6.07 Å². The first-order chi connectivity index (χ1) is 12.9. The fraction of sp³-hybridized carbons (Fsp3) is 0.550. The van der Waals surface area contributed by atoms with Crippen molar-refractivity contribution in [3.8, 4) is 5.75 Å². The van der Waals surface area contributed by atoms with E-state index in [0.29, 0.717) is 25.4 Å². The topological polar surface area (TPSA) is 84.9 Å². The van der Waals surface area contributed by atoms with Crippen molar-refractivity contribution >= 4 is 17.8 Å². The molecule has 0 spiro atoms. The molecule has 2 amide bonds. The van der Waals surface area contributed by atoms with Crippen LogP contribution < -0.4 is 10.1 Å². The van der Waals surface area contributed by atoms with E-state index in [9.17, 15) is 14.4 Å². The molecule has 1 aliphatic heterocycles. The van der Waals surface area contributed by atoms with Crippen LogP contribution in [0.15, 0.2) is 18.2 Å². The van der Waals surface area contributed by atoms with E-state index in [1.807, 2.05) is 32.9 Å². The van der Waals surface area contributed by atoms with E-state index >= 15 is 0 Å². The third-order valence-corrected chi connectivity index (χ3v) is 4.68. The fourth-order valence-corrected chi connectivity index (χ4v) is 2.87. The van der Waals surface area contributed by atoms with Gasteiger partial charge in [0.15, 0.2) is 6.61 Å². The predicted molar refractivity (Wildman–Crippen MR) is 100 cm³/mol. The average molecular weight is 376 g/mol. The maximum absolute atomic E-state index is 12.6. The molecule has 1 aliphatic rings. The molecule has 1 N–H and O–H groups in total. The molecular formula is C20H28N2O5. The van der Waals surface area contributed by atoms with Gasteiger partial charge in [-0.15, -0.1) is 0 Å². The number of esters is 1. The molecule has 1 fully saturated rings. The number of ether oxygens (including phenoxy) is 2. The Bertz CT molecular complexity index is 689. The van der Waals surface area contributed by atoms with Crippen LogP contribution in [0.3, 0.4) is 0 Å². The highest BCUT2D eigenvalue weighted by atomic mass is 16.5. The van der Waals surface area contributed by atoms with Gasteiger partial charge in [0.2, 0.25) is 5.91 Å². The van der Waals surface area contributed by atoms with Crippen molar-refractivity contribution in [3.63, 3.8) is 0 Å². The first kappa shape index (κ1) is 20.7. The molecule has 7 heteroatoms. The van der Waals surface area contributed by atoms with E-state index in [4.69, 9.17) is 9.47 Å². The molecule has 7 nitrogen and oxygen atoms in total. The number of carbonyl (C=O) groups is 3. The SMILES string of the molecule is CCCCOC(=O)CC1C(=O)NCCN1C(=O)COc1cccc(C)c1C. The molecule has 1 aromatic carbocycles. The largest absolute Gasteiger partial charge is 0.483 e. The first-order valence-corrected chi connectivity index (χ1v) is 9.35. The van der Waals surface area contributed by atoms with Crippen molar-refractivity contribution in [2.45, 2.75) is 46.1 Å². The summed E-state index contributed by atoms with van der Waals surface area (Å²) in [5.41, 5.74) is 2.04. The summed E-state index contributed by atoms with van der Waals surface area (Å²) in [4.78, 5) is 38.2. The molecule has 0 radical (unpaired) electrons. The van der Waals surface area contributed by atoms with E-state index in [2.05, 4.69) is 5.32 Å². The molecule has 2 rings (SSSR count). The normalized spacial score (nSPS) is 16.6. The Labute approximate surface area is 160 Å². The summed E-state index contributed by atoms with van der Waals surface area (Å²) < 4.78 is 10.8. The number of hydrogen-bond acceptors (Lipinski definition) is 5. The van der Waals surface area contributed by atoms with Crippen molar-refractivity contribution < 1.29 is 23.9 Å². The Morgan fingerprint density at radius 1 is 1.30 bits per heavy atom. The van der Waals surface area contributed by atoms with Crippen molar-refractivity contribution in [3.05, 3.63) is 29.3 Å². The van der Waals surface area contributed by atoms with Crippen molar-refractivity contribution in [2.75, 3.05) is 26.3 Å². The number of benzene rings is 1. The highest BCUT2D eigenvalue weighted by Crippen LogP contribution is 2.21. The first-order valence-electron chi connectivity index (χ1n) is 9.35. The van der Waals surface area contributed by atoms with Crippen LogP contribution in [-0.2, 0) is 19.1 Å². The van der Waals surface area contributed by atoms with Gasteiger partial charge < -0.3 is 19.7 Å². The number of rotatable bonds is 8. The summed E-state index contributed by atoms with van der Waals surface area (Å²) in [5, 5.41) is 2.70. The summed E-state index contributed by atoms with van der Waals surface area (Å²) in [6.07, 6.45) is 1.54. The zero-order valence-corrected chi connectivity index (χ0v) is 16.2. The van der Waals surface area contributed by atoms with Gasteiger partial charge in [0.05, 0.1) is 13.0 Å². The number of piperazine rings is 1. The third kappa shape index (κ3) is 5.70. The number of hydrogen-bond donors (Lipinski definition) is 1. The summed E-state index contributed by atoms with van der Waals surface area (Å²) in [6, 6.07) is 4.79. The van der Waals surface area contributed by atoms with Gasteiger partial charge in [0.25, 0.3) is 5.91 Å². The number of carbonyl (C=O) groups excluding carboxylic acids is 3. The second kappa shape index (κ2) is 9.94. The zero-order chi connectivity index (χ0) is 19.8. The highest BCUT2D eigenvalue weighted by Gasteiger charge is 2.35. The lowest BCUT2D eigenvalue weighted by atomic mass is 10.1. The van der Waals surface area contributed by atoms with Gasteiger partial charge in [0.1, 0.15) is 11.8 Å². The Morgan fingerprint density at radius 3 is 2.81 bits per heavy atom. The van der Waals surface area contributed by atoms with E-state index < -0.39 is 12.0 Å². The van der Waals surface area contributed by atoms with Gasteiger partial charge in [-0.1, -0.05) is 25.5 Å². The van der Waals surface area contributed by atoms with Gasteiger partial charge in [-0.2, -0.15) is 0 Å². The van der Waals surface area contributed by atoms with Crippen LogP contribution in [0.5, 0.6) is 5.75 Å². The van der Waals surface area contributed by atoms with Crippen molar-refractivity contribution in [1.82, 2.24) is 10.2 Å². The van der Waals surface area contributed by atoms with E-state index in [0.717, 1.165) is 24.0 Å². The van der Waals surface area contributed by atoms with E-state index in [1.165, 1.54) is 4.90 Å². The minimum atomic E-state index is -0.859. The van der Waals surface area contributed by atoms with Crippen LogP contribution in [0.25, 0.3) is 0 Å². The second-order valence-electron chi connectivity index (χ2n) is 6.66. The molecule has 1 saturated heterocycles. The van der Waals surface area contributed by atoms with Crippen molar-refractivity contribution in [2.24, 2.45) is 0 Å². The quantitative estimate of drug-likeness (QED) is 0.552. The Hall–Kier alpha value is -2.57. The highest BCUT2D eigenvalue weighted by molar-refractivity contribution is 5.92. The van der Waals surface area contributed by atoms with Crippen LogP contribution in [0.4, 0.5) is 0 Å². The van der Waals surface area contributed by atoms with Crippen molar-refractivity contribution in [1.29, 1.82) is 0 Å². The molecule has 1 aromatic rings. The smallest absolute Gasteiger partial charge is 0.308 e. The second-order valence-corrected chi connectivity index (χ2v) is 6.66. The minimum Gasteiger partial charge on any atom is -0.483 e. The molecule has 1 unspecified atom stereocenters. The molecule has 0 saturated carbocycles. The maximum atomic E-state index is 12.6. The summed E-state index contributed by atoms with van der Waals surface area (Å²) in [5.74, 6) is -0.495. The Morgan fingerprint density at radius 2 is 2.07 bits per heavy atom. The lowest BCUT2D eigenvalue weighted by Crippen LogP contribution is -2.58. The molecule has 0 aliphatic carbocycles. The van der Waals surface area contributed by atoms with E-state index in [-0.39, 0.29) is 24.8 Å². The van der Waals surface area contributed by atoms with Crippen LogP contribution in [-0.4, -0.2) is 55.0 Å². The average Bonchev–Trinajstić information content (AvgIpc) is 2.64. The molecule has 1 atom stereocenters. The van der Waals surface area contributed by atoms with Gasteiger partial charge in [-0.05, 0) is 37.5 Å². The minimum absolute atomic E-state index is 0.148. The number of amides is 2. The van der Waals surface area contributed by atoms with Gasteiger partial charge in [-0.25, -0.2) is 0 Å². The number of nitrogens with zero attached hydrogens (tertiary/aromatic N) is 1. The monoisotopic (exact) mass is 376 g/mol. The summed E-state index contributed by atoms with van der Waals surface area (Å²) in [7, 11) is 0. The van der Waals surface area contributed by atoms with Gasteiger partial charge in [0, 0.05) is 13.1 Å². The summed E-state index contributed by atoms with van der Waals surface area (Å²) in [6.45, 7) is 6.74.